The Balaban J connectivity index is 1.63. The smallest absolute Gasteiger partial charge is 0.329 e. The van der Waals surface area contributed by atoms with Gasteiger partial charge >= 0.3 is 5.69 Å². The summed E-state index contributed by atoms with van der Waals surface area (Å²) in [4.78, 5) is 36.2. The van der Waals surface area contributed by atoms with Crippen molar-refractivity contribution >= 4 is 28.7 Å². The lowest BCUT2D eigenvalue weighted by Gasteiger charge is -2.35. The van der Waals surface area contributed by atoms with Gasteiger partial charge < -0.3 is 24.2 Å². The van der Waals surface area contributed by atoms with Crippen LogP contribution in [0.2, 0.25) is 5.02 Å². The van der Waals surface area contributed by atoms with Crippen LogP contribution in [0.25, 0.3) is 11.2 Å². The van der Waals surface area contributed by atoms with Crippen LogP contribution in [0.1, 0.15) is 6.92 Å². The van der Waals surface area contributed by atoms with Crippen LogP contribution in [0.3, 0.4) is 0 Å². The highest BCUT2D eigenvalue weighted by Gasteiger charge is 2.25. The van der Waals surface area contributed by atoms with Crippen molar-refractivity contribution in [3.63, 3.8) is 0 Å². The average Bonchev–Trinajstić information content (AvgIpc) is 3.17. The van der Waals surface area contributed by atoms with E-state index < -0.39 is 17.4 Å². The average molecular weight is 463 g/mol. The number of aromatic amines is 1. The van der Waals surface area contributed by atoms with Crippen molar-refractivity contribution in [3.8, 4) is 5.75 Å². The minimum absolute atomic E-state index is 0.0219. The Morgan fingerprint density at radius 2 is 1.88 bits per heavy atom. The Hall–Kier alpha value is -2.82. The zero-order chi connectivity index (χ0) is 22.8. The summed E-state index contributed by atoms with van der Waals surface area (Å²) < 4.78 is 8.67. The number of halogens is 1. The van der Waals surface area contributed by atoms with Crippen LogP contribution in [-0.4, -0.2) is 74.5 Å². The number of nitrogens with zero attached hydrogens (tertiary/aromatic N) is 5. The molecule has 3 aromatic rings. The Kier molecular flexibility index (Phi) is 6.54. The van der Waals surface area contributed by atoms with Gasteiger partial charge in [0.15, 0.2) is 11.2 Å². The Morgan fingerprint density at radius 3 is 2.53 bits per heavy atom. The number of ether oxygens (including phenoxy) is 1. The third-order valence-electron chi connectivity index (χ3n) is 5.74. The Labute approximate surface area is 189 Å². The highest BCUT2D eigenvalue weighted by molar-refractivity contribution is 6.30. The number of aliphatic hydroxyl groups is 1. The number of aryl methyl sites for hydroxylation is 1. The first-order valence-electron chi connectivity index (χ1n) is 10.6. The molecule has 0 amide bonds. The monoisotopic (exact) mass is 462 g/mol. The maximum Gasteiger partial charge on any atom is 0.329 e. The molecule has 32 heavy (non-hydrogen) atoms. The fourth-order valence-corrected chi connectivity index (χ4v) is 4.01. The molecule has 1 aliphatic heterocycles. The van der Waals surface area contributed by atoms with Crippen molar-refractivity contribution in [2.24, 2.45) is 7.05 Å². The molecule has 0 aliphatic carbocycles. The molecule has 1 saturated heterocycles. The second-order valence-corrected chi connectivity index (χ2v) is 8.29. The summed E-state index contributed by atoms with van der Waals surface area (Å²) in [5, 5.41) is 11.3. The van der Waals surface area contributed by atoms with Gasteiger partial charge in [0.05, 0.1) is 6.54 Å². The molecule has 1 aromatic carbocycles. The molecule has 0 bridgehead atoms. The Morgan fingerprint density at radius 1 is 1.19 bits per heavy atom. The van der Waals surface area contributed by atoms with Gasteiger partial charge in [-0.15, -0.1) is 0 Å². The first kappa shape index (κ1) is 22.4. The van der Waals surface area contributed by atoms with E-state index in [-0.39, 0.29) is 24.3 Å². The van der Waals surface area contributed by atoms with Crippen molar-refractivity contribution in [1.29, 1.82) is 0 Å². The van der Waals surface area contributed by atoms with E-state index in [1.54, 1.807) is 35.9 Å². The molecule has 0 radical (unpaired) electrons. The number of rotatable bonds is 7. The molecule has 1 aliphatic rings. The number of likely N-dealkylation sites (N-methyl/N-ethyl adjacent to an activating group) is 1. The molecule has 1 fully saturated rings. The van der Waals surface area contributed by atoms with Crippen molar-refractivity contribution in [3.05, 3.63) is 50.1 Å². The normalized spacial score (nSPS) is 15.9. The first-order valence-corrected chi connectivity index (χ1v) is 11.0. The van der Waals surface area contributed by atoms with Crippen molar-refractivity contribution in [1.82, 2.24) is 24.0 Å². The number of benzene rings is 1. The van der Waals surface area contributed by atoms with Crippen LogP contribution < -0.4 is 20.9 Å². The molecule has 1 atom stereocenters. The van der Waals surface area contributed by atoms with Crippen LogP contribution in [0, 0.1) is 0 Å². The van der Waals surface area contributed by atoms with Crippen molar-refractivity contribution < 1.29 is 9.84 Å². The molecular formula is C21H27ClN6O4. The number of fused-ring (bicyclic) bond motifs is 1. The Bertz CT molecular complexity index is 1190. The molecule has 3 heterocycles. The number of H-pyrrole nitrogens is 1. The predicted octanol–water partition coefficient (Wildman–Crippen LogP) is 0.659. The molecular weight excluding hydrogens is 436 g/mol. The zero-order valence-corrected chi connectivity index (χ0v) is 18.9. The molecule has 10 nitrogen and oxygen atoms in total. The lowest BCUT2D eigenvalue weighted by Crippen LogP contribution is -2.47. The van der Waals surface area contributed by atoms with Gasteiger partial charge in [0.25, 0.3) is 5.56 Å². The lowest BCUT2D eigenvalue weighted by molar-refractivity contribution is 0.0935. The summed E-state index contributed by atoms with van der Waals surface area (Å²) in [6.45, 7) is 6.42. The maximum absolute atomic E-state index is 12.7. The molecule has 0 saturated carbocycles. The summed E-state index contributed by atoms with van der Waals surface area (Å²) in [6.07, 6.45) is -0.907. The lowest BCUT2D eigenvalue weighted by atomic mass is 10.3. The van der Waals surface area contributed by atoms with Gasteiger partial charge in [-0.1, -0.05) is 18.5 Å². The third kappa shape index (κ3) is 4.52. The summed E-state index contributed by atoms with van der Waals surface area (Å²) in [5.41, 5.74) is -0.510. The van der Waals surface area contributed by atoms with Gasteiger partial charge in [-0.2, -0.15) is 4.98 Å². The van der Waals surface area contributed by atoms with Gasteiger partial charge in [-0.05, 0) is 30.8 Å². The largest absolute Gasteiger partial charge is 0.491 e. The van der Waals surface area contributed by atoms with Crippen LogP contribution in [0.4, 0.5) is 5.95 Å². The number of aromatic nitrogens is 4. The van der Waals surface area contributed by atoms with Gasteiger partial charge in [0.2, 0.25) is 5.95 Å². The SMILES string of the molecule is CCN1CCN(c2nc3c(c(=O)[nH]c(=O)n3C)n2CC(O)COc2ccc(Cl)cc2)CC1. The van der Waals surface area contributed by atoms with Gasteiger partial charge in [-0.3, -0.25) is 14.3 Å². The summed E-state index contributed by atoms with van der Waals surface area (Å²) in [7, 11) is 1.57. The molecule has 2 aromatic heterocycles. The van der Waals surface area contributed by atoms with Gasteiger partial charge in [-0.25, -0.2) is 4.79 Å². The number of aliphatic hydroxyl groups excluding tert-OH is 1. The van der Waals surface area contributed by atoms with E-state index in [9.17, 15) is 14.7 Å². The molecule has 1 unspecified atom stereocenters. The number of anilines is 1. The highest BCUT2D eigenvalue weighted by Crippen LogP contribution is 2.22. The number of nitrogens with one attached hydrogen (secondary N) is 1. The number of hydrogen-bond donors (Lipinski definition) is 2. The van der Waals surface area contributed by atoms with E-state index in [4.69, 9.17) is 16.3 Å². The molecule has 4 rings (SSSR count). The number of hydrogen-bond acceptors (Lipinski definition) is 7. The van der Waals surface area contributed by atoms with E-state index in [0.717, 1.165) is 32.7 Å². The fraction of sp³-hybridized carbons (Fsp3) is 0.476. The summed E-state index contributed by atoms with van der Waals surface area (Å²) in [5.74, 6) is 1.15. The van der Waals surface area contributed by atoms with Crippen LogP contribution in [0.5, 0.6) is 5.75 Å². The van der Waals surface area contributed by atoms with E-state index in [0.29, 0.717) is 16.7 Å². The quantitative estimate of drug-likeness (QED) is 0.531. The topological polar surface area (TPSA) is 109 Å². The van der Waals surface area contributed by atoms with Crippen LogP contribution >= 0.6 is 11.6 Å². The van der Waals surface area contributed by atoms with Crippen LogP contribution in [0.15, 0.2) is 33.9 Å². The second-order valence-electron chi connectivity index (χ2n) is 7.85. The zero-order valence-electron chi connectivity index (χ0n) is 18.1. The third-order valence-corrected chi connectivity index (χ3v) is 5.99. The van der Waals surface area contributed by atoms with E-state index >= 15 is 0 Å². The minimum atomic E-state index is -0.907. The van der Waals surface area contributed by atoms with Gasteiger partial charge in [0, 0.05) is 38.2 Å². The van der Waals surface area contributed by atoms with E-state index in [1.165, 1.54) is 4.57 Å². The maximum atomic E-state index is 12.7. The standard InChI is InChI=1S/C21H27ClN6O4/c1-3-26-8-10-27(11-9-26)20-23-18-17(19(30)24-21(31)25(18)2)28(20)12-15(29)13-32-16-6-4-14(22)5-7-16/h4-7,15,29H,3,8-13H2,1-2H3,(H,24,30,31). The fourth-order valence-electron chi connectivity index (χ4n) is 3.89. The first-order chi connectivity index (χ1) is 15.4. The number of piperazine rings is 1. The second kappa shape index (κ2) is 9.35. The van der Waals surface area contributed by atoms with Crippen molar-refractivity contribution in [2.45, 2.75) is 19.6 Å². The molecule has 172 valence electrons. The molecule has 11 heteroatoms. The van der Waals surface area contributed by atoms with Gasteiger partial charge in [0.1, 0.15) is 18.5 Å². The van der Waals surface area contributed by atoms with E-state index in [1.807, 2.05) is 0 Å². The number of imidazole rings is 1. The predicted molar refractivity (Wildman–Crippen MR) is 123 cm³/mol. The summed E-state index contributed by atoms with van der Waals surface area (Å²) in [6, 6.07) is 6.86. The molecule has 2 N–H and O–H groups in total. The van der Waals surface area contributed by atoms with E-state index in [2.05, 4.69) is 26.7 Å². The molecule has 0 spiro atoms. The van der Waals surface area contributed by atoms with Crippen molar-refractivity contribution in [2.75, 3.05) is 44.2 Å². The highest BCUT2D eigenvalue weighted by atomic mass is 35.5. The van der Waals surface area contributed by atoms with Crippen LogP contribution in [-0.2, 0) is 13.6 Å². The minimum Gasteiger partial charge on any atom is -0.491 e. The summed E-state index contributed by atoms with van der Waals surface area (Å²) >= 11 is 5.89.